The van der Waals surface area contributed by atoms with Gasteiger partial charge in [0.05, 0.1) is 42.4 Å². The standard InChI is InChI=1S/C26H35B3N8O6S/c1-42-22-16(23-33-21(43-35-23)14-36-8-10-37(11-9-36)44(2,40)41)4-3-5-18(22)31-19-12-20(32-24(38)15-6-7-15)30-13-17(19)25(39)34-26(27,28)29/h3-5,12-13,15H,6-11,14,27-29H2,1-2H3,(H,34,39)(H2,30,31,32,38). The molecule has 2 aliphatic rings. The average molecular weight is 620 g/mol. The van der Waals surface area contributed by atoms with Crippen LogP contribution in [0, 0.1) is 5.92 Å². The highest BCUT2D eigenvalue weighted by Crippen LogP contribution is 2.38. The largest absolute Gasteiger partial charge is 0.494 e. The summed E-state index contributed by atoms with van der Waals surface area (Å²) in [5.41, 5.74) is 1.80. The average Bonchev–Trinajstić information content (AvgIpc) is 3.71. The Balaban J connectivity index is 1.38. The number of methoxy groups -OCH3 is 1. The van der Waals surface area contributed by atoms with E-state index in [2.05, 4.69) is 36.0 Å². The van der Waals surface area contributed by atoms with Crippen LogP contribution in [0.1, 0.15) is 29.1 Å². The van der Waals surface area contributed by atoms with Crippen molar-refractivity contribution in [2.24, 2.45) is 5.92 Å². The molecule has 1 aromatic carbocycles. The molecule has 14 nitrogen and oxygen atoms in total. The molecule has 2 amide bonds. The third-order valence-corrected chi connectivity index (χ3v) is 8.50. The van der Waals surface area contributed by atoms with E-state index in [0.29, 0.717) is 72.9 Å². The number of nitrogens with zero attached hydrogens (tertiary/aromatic N) is 5. The number of carbonyl (C=O) groups excluding carboxylic acids is 2. The van der Waals surface area contributed by atoms with Gasteiger partial charge in [-0.25, -0.2) is 13.4 Å². The van der Waals surface area contributed by atoms with Crippen molar-refractivity contribution < 1.29 is 27.3 Å². The van der Waals surface area contributed by atoms with Crippen LogP contribution in [0.2, 0.25) is 0 Å². The number of piperazine rings is 1. The molecule has 0 atom stereocenters. The Morgan fingerprint density at radius 2 is 1.86 bits per heavy atom. The first-order valence-corrected chi connectivity index (χ1v) is 16.2. The van der Waals surface area contributed by atoms with E-state index < -0.39 is 15.3 Å². The smallest absolute Gasteiger partial charge is 0.253 e. The Kier molecular flexibility index (Phi) is 9.04. The molecular weight excluding hydrogens is 585 g/mol. The predicted octanol–water partition coefficient (Wildman–Crippen LogP) is -1.45. The number of hydrogen-bond donors (Lipinski definition) is 3. The molecule has 2 aromatic heterocycles. The number of para-hydroxylation sites is 1. The maximum absolute atomic E-state index is 13.2. The molecule has 0 radical (unpaired) electrons. The summed E-state index contributed by atoms with van der Waals surface area (Å²) in [5, 5.41) is 12.8. The number of nitrogens with one attached hydrogen (secondary N) is 3. The number of ether oxygens (including phenoxy) is 1. The van der Waals surface area contributed by atoms with Crippen molar-refractivity contribution in [1.29, 1.82) is 0 Å². The molecule has 3 heterocycles. The van der Waals surface area contributed by atoms with E-state index in [0.717, 1.165) is 12.8 Å². The van der Waals surface area contributed by atoms with Crippen LogP contribution in [0.3, 0.4) is 0 Å². The second kappa shape index (κ2) is 12.6. The maximum atomic E-state index is 13.2. The molecule has 0 unspecified atom stereocenters. The minimum atomic E-state index is -3.22. The van der Waals surface area contributed by atoms with Gasteiger partial charge in [-0.1, -0.05) is 11.2 Å². The molecule has 3 aromatic rings. The van der Waals surface area contributed by atoms with Crippen molar-refractivity contribution in [3.8, 4) is 17.1 Å². The van der Waals surface area contributed by atoms with E-state index in [1.54, 1.807) is 24.3 Å². The number of rotatable bonds is 11. The third-order valence-electron chi connectivity index (χ3n) is 7.19. The van der Waals surface area contributed by atoms with E-state index in [4.69, 9.17) is 9.26 Å². The van der Waals surface area contributed by atoms with E-state index in [1.165, 1.54) is 23.9 Å². The molecular formula is C26H35B3N8O6S. The van der Waals surface area contributed by atoms with Crippen LogP contribution in [0.15, 0.2) is 35.0 Å². The Morgan fingerprint density at radius 1 is 1.14 bits per heavy atom. The molecule has 44 heavy (non-hydrogen) atoms. The molecule has 2 fully saturated rings. The topological polar surface area (TPSA) is 172 Å². The van der Waals surface area contributed by atoms with Gasteiger partial charge in [0.15, 0.2) is 5.75 Å². The Bertz CT molecular complexity index is 1650. The molecule has 1 aliphatic heterocycles. The third kappa shape index (κ3) is 7.79. The van der Waals surface area contributed by atoms with Gasteiger partial charge in [0.2, 0.25) is 27.6 Å². The van der Waals surface area contributed by atoms with Crippen LogP contribution in [0.5, 0.6) is 5.75 Å². The first-order chi connectivity index (χ1) is 20.8. The highest BCUT2D eigenvalue weighted by atomic mass is 32.2. The van der Waals surface area contributed by atoms with Crippen molar-refractivity contribution in [1.82, 2.24) is 29.6 Å². The Morgan fingerprint density at radius 3 is 2.50 bits per heavy atom. The number of hydrogen-bond acceptors (Lipinski definition) is 11. The van der Waals surface area contributed by atoms with Gasteiger partial charge in [-0.15, -0.1) is 0 Å². The van der Waals surface area contributed by atoms with Gasteiger partial charge in [0.1, 0.15) is 29.4 Å². The number of carbonyl (C=O) groups is 2. The van der Waals surface area contributed by atoms with Crippen molar-refractivity contribution >= 4 is 62.6 Å². The van der Waals surface area contributed by atoms with Crippen molar-refractivity contribution in [3.05, 3.63) is 41.9 Å². The summed E-state index contributed by atoms with van der Waals surface area (Å²) in [6.07, 6.45) is 4.35. The molecule has 5 rings (SSSR count). The van der Waals surface area contributed by atoms with Crippen LogP contribution >= 0.6 is 0 Å². The van der Waals surface area contributed by atoms with E-state index in [1.807, 2.05) is 23.5 Å². The lowest BCUT2D eigenvalue weighted by Crippen LogP contribution is -2.50. The number of pyridine rings is 1. The normalized spacial score (nSPS) is 16.3. The monoisotopic (exact) mass is 620 g/mol. The van der Waals surface area contributed by atoms with Gasteiger partial charge in [-0.3, -0.25) is 14.5 Å². The minimum absolute atomic E-state index is 0.00852. The molecule has 1 saturated carbocycles. The zero-order chi connectivity index (χ0) is 31.6. The second-order valence-corrected chi connectivity index (χ2v) is 14.0. The summed E-state index contributed by atoms with van der Waals surface area (Å²) in [5.74, 6) is 1.01. The van der Waals surface area contributed by atoms with E-state index >= 15 is 0 Å². The number of sulfonamides is 1. The highest BCUT2D eigenvalue weighted by molar-refractivity contribution is 7.88. The van der Waals surface area contributed by atoms with Crippen molar-refractivity contribution in [2.75, 3.05) is 50.2 Å². The van der Waals surface area contributed by atoms with Gasteiger partial charge in [-0.2, -0.15) is 9.29 Å². The number of amides is 2. The Labute approximate surface area is 259 Å². The lowest BCUT2D eigenvalue weighted by atomic mass is 9.49. The van der Waals surface area contributed by atoms with Gasteiger partial charge >= 0.3 is 0 Å². The van der Waals surface area contributed by atoms with Gasteiger partial charge in [-0.05, 0) is 30.2 Å². The Hall–Kier alpha value is -3.89. The van der Waals surface area contributed by atoms with Gasteiger partial charge in [0.25, 0.3) is 5.91 Å². The zero-order valence-electron chi connectivity index (χ0n) is 25.5. The molecule has 1 saturated heterocycles. The molecule has 1 aliphatic carbocycles. The van der Waals surface area contributed by atoms with Gasteiger partial charge in [0, 0.05) is 44.4 Å². The number of aromatic nitrogens is 3. The molecule has 230 valence electrons. The zero-order valence-corrected chi connectivity index (χ0v) is 26.3. The minimum Gasteiger partial charge on any atom is -0.494 e. The lowest BCUT2D eigenvalue weighted by molar-refractivity contribution is -0.117. The first kappa shape index (κ1) is 31.5. The van der Waals surface area contributed by atoms with Crippen LogP contribution in [-0.4, -0.2) is 113 Å². The summed E-state index contributed by atoms with van der Waals surface area (Å²) in [7, 11) is 3.96. The van der Waals surface area contributed by atoms with Crippen molar-refractivity contribution in [2.45, 2.75) is 24.6 Å². The summed E-state index contributed by atoms with van der Waals surface area (Å²) in [6.45, 7) is 2.28. The summed E-state index contributed by atoms with van der Waals surface area (Å²) in [4.78, 5) is 36.6. The number of anilines is 3. The highest BCUT2D eigenvalue weighted by Gasteiger charge is 2.30. The maximum Gasteiger partial charge on any atom is 0.253 e. The fourth-order valence-electron chi connectivity index (χ4n) is 4.81. The first-order valence-electron chi connectivity index (χ1n) is 14.4. The molecule has 3 N–H and O–H groups in total. The molecule has 0 spiro atoms. The molecule has 0 bridgehead atoms. The van der Waals surface area contributed by atoms with Gasteiger partial charge < -0.3 is 25.2 Å². The lowest BCUT2D eigenvalue weighted by Gasteiger charge is -2.32. The fourth-order valence-corrected chi connectivity index (χ4v) is 5.63. The van der Waals surface area contributed by atoms with Crippen LogP contribution in [0.25, 0.3) is 11.4 Å². The number of benzene rings is 1. The van der Waals surface area contributed by atoms with Crippen LogP contribution < -0.4 is 20.7 Å². The van der Waals surface area contributed by atoms with Crippen molar-refractivity contribution in [3.63, 3.8) is 0 Å². The predicted molar refractivity (Wildman–Crippen MR) is 173 cm³/mol. The van der Waals surface area contributed by atoms with Crippen LogP contribution in [-0.2, 0) is 21.4 Å². The SMILES string of the molecule is BC(B)(B)NC(=O)c1cnc(NC(=O)C2CC2)cc1Nc1cccc(-c2noc(CN3CCN(S(C)(=O)=O)CC3)n2)c1OC. The molecule has 18 heteroatoms. The quantitative estimate of drug-likeness (QED) is 0.214. The summed E-state index contributed by atoms with van der Waals surface area (Å²) >= 11 is 0. The summed E-state index contributed by atoms with van der Waals surface area (Å²) in [6, 6.07) is 7.01. The fraction of sp³-hybridized carbons (Fsp3) is 0.423. The second-order valence-electron chi connectivity index (χ2n) is 12.0. The van der Waals surface area contributed by atoms with E-state index in [-0.39, 0.29) is 23.3 Å². The summed E-state index contributed by atoms with van der Waals surface area (Å²) < 4.78 is 36.4. The van der Waals surface area contributed by atoms with E-state index in [9.17, 15) is 18.0 Å². The van der Waals surface area contributed by atoms with Crippen LogP contribution in [0.4, 0.5) is 17.2 Å².